The van der Waals surface area contributed by atoms with Crippen molar-refractivity contribution >= 4 is 51.8 Å². The lowest BCUT2D eigenvalue weighted by Gasteiger charge is -2.21. The predicted octanol–water partition coefficient (Wildman–Crippen LogP) is 8.15. The molecule has 1 N–H and O–H groups in total. The van der Waals surface area contributed by atoms with Gasteiger partial charge < -0.3 is 19.4 Å². The van der Waals surface area contributed by atoms with E-state index in [2.05, 4.69) is 20.0 Å². The van der Waals surface area contributed by atoms with E-state index >= 15 is 0 Å². The molecule has 1 aliphatic heterocycles. The molecule has 246 valence electrons. The average Bonchev–Trinajstić information content (AvgIpc) is 3.61. The number of nitrogens with zero attached hydrogens (tertiary/aromatic N) is 4. The molecule has 3 amide bonds. The van der Waals surface area contributed by atoms with Crippen LogP contribution in [0.15, 0.2) is 78.2 Å². The number of carbonyl (C=O) groups excluding carboxylic acids is 2. The van der Waals surface area contributed by atoms with Crippen LogP contribution in [0, 0.1) is 6.92 Å². The van der Waals surface area contributed by atoms with Gasteiger partial charge in [-0.2, -0.15) is 18.2 Å². The molecule has 1 fully saturated rings. The molecular formula is C30H22ClF6N5O4S. The number of anilines is 2. The smallest absolute Gasteiger partial charge is 0.406 e. The van der Waals surface area contributed by atoms with Crippen LogP contribution in [-0.2, 0) is 16.1 Å². The molecule has 5 rings (SSSR count). The van der Waals surface area contributed by atoms with Gasteiger partial charge in [0, 0.05) is 23.0 Å². The number of hydrogen-bond donors (Lipinski definition) is 1. The number of urea groups is 1. The Kier molecular flexibility index (Phi) is 9.84. The number of nitrogens with one attached hydrogen (secondary N) is 1. The SMILES string of the molecule is Cc1ccc(COCC(F)(F)F)c(N2C(=O)CS/C2=N\C(=O)Nc2ccc(-n3cnc(-c4ccc(OC(F)(F)F)cc4)c3)cc2Cl)c1. The summed E-state index contributed by atoms with van der Waals surface area (Å²) in [5, 5.41) is 2.71. The average molecular weight is 698 g/mol. The van der Waals surface area contributed by atoms with Crippen molar-refractivity contribution in [1.82, 2.24) is 9.55 Å². The first kappa shape index (κ1) is 33.8. The van der Waals surface area contributed by atoms with Crippen LogP contribution in [0.1, 0.15) is 11.1 Å². The van der Waals surface area contributed by atoms with Gasteiger partial charge in [0.2, 0.25) is 5.91 Å². The molecule has 2 heterocycles. The molecule has 1 aliphatic rings. The zero-order valence-electron chi connectivity index (χ0n) is 24.0. The highest BCUT2D eigenvalue weighted by molar-refractivity contribution is 8.15. The second kappa shape index (κ2) is 13.7. The van der Waals surface area contributed by atoms with Crippen LogP contribution in [0.2, 0.25) is 5.02 Å². The molecule has 17 heteroatoms. The fourth-order valence-electron chi connectivity index (χ4n) is 4.40. The quantitative estimate of drug-likeness (QED) is 0.187. The second-order valence-corrected chi connectivity index (χ2v) is 11.3. The van der Waals surface area contributed by atoms with Crippen molar-refractivity contribution in [3.05, 3.63) is 89.3 Å². The molecule has 0 aliphatic carbocycles. The number of imidazole rings is 1. The molecular weight excluding hydrogens is 676 g/mol. The van der Waals surface area contributed by atoms with E-state index in [9.17, 15) is 35.9 Å². The first-order valence-corrected chi connectivity index (χ1v) is 14.8. The lowest BCUT2D eigenvalue weighted by atomic mass is 10.1. The third-order valence-corrected chi connectivity index (χ3v) is 7.66. The first-order valence-electron chi connectivity index (χ1n) is 13.4. The zero-order chi connectivity index (χ0) is 33.9. The largest absolute Gasteiger partial charge is 0.573 e. The van der Waals surface area contributed by atoms with Crippen molar-refractivity contribution in [2.45, 2.75) is 26.1 Å². The molecule has 3 aromatic carbocycles. The Morgan fingerprint density at radius 1 is 1.06 bits per heavy atom. The summed E-state index contributed by atoms with van der Waals surface area (Å²) in [7, 11) is 0. The van der Waals surface area contributed by atoms with Gasteiger partial charge in [0.15, 0.2) is 5.17 Å². The summed E-state index contributed by atoms with van der Waals surface area (Å²) < 4.78 is 85.5. The molecule has 0 radical (unpaired) electrons. The summed E-state index contributed by atoms with van der Waals surface area (Å²) in [5.41, 5.74) is 3.03. The van der Waals surface area contributed by atoms with Gasteiger partial charge in [-0.15, -0.1) is 13.2 Å². The Hall–Kier alpha value is -4.54. The van der Waals surface area contributed by atoms with Crippen LogP contribution in [0.5, 0.6) is 5.75 Å². The van der Waals surface area contributed by atoms with E-state index in [-0.39, 0.29) is 33.1 Å². The van der Waals surface area contributed by atoms with E-state index < -0.39 is 37.7 Å². The Bertz CT molecular complexity index is 1830. The minimum atomic E-state index is -4.80. The number of thioether (sulfide) groups is 1. The van der Waals surface area contributed by atoms with Gasteiger partial charge in [0.25, 0.3) is 0 Å². The fraction of sp³-hybridized carbons (Fsp3) is 0.200. The number of aromatic nitrogens is 2. The van der Waals surface area contributed by atoms with E-state index in [1.807, 2.05) is 0 Å². The van der Waals surface area contributed by atoms with Crippen molar-refractivity contribution in [1.29, 1.82) is 0 Å². The van der Waals surface area contributed by atoms with Crippen molar-refractivity contribution < 1.29 is 45.4 Å². The Morgan fingerprint density at radius 2 is 1.81 bits per heavy atom. The van der Waals surface area contributed by atoms with Crippen molar-refractivity contribution in [3.63, 3.8) is 0 Å². The minimum Gasteiger partial charge on any atom is -0.406 e. The number of halogens is 7. The van der Waals surface area contributed by atoms with E-state index in [4.69, 9.17) is 16.3 Å². The number of benzene rings is 3. The molecule has 0 spiro atoms. The topological polar surface area (TPSA) is 98.1 Å². The molecule has 47 heavy (non-hydrogen) atoms. The van der Waals surface area contributed by atoms with Gasteiger partial charge >= 0.3 is 18.6 Å². The maximum Gasteiger partial charge on any atom is 0.573 e. The van der Waals surface area contributed by atoms with E-state index in [0.717, 1.165) is 17.3 Å². The number of aryl methyl sites for hydroxylation is 1. The highest BCUT2D eigenvalue weighted by atomic mass is 35.5. The third kappa shape index (κ3) is 8.84. The summed E-state index contributed by atoms with van der Waals surface area (Å²) in [6.07, 6.45) is -6.22. The Balaban J connectivity index is 1.29. The van der Waals surface area contributed by atoms with Gasteiger partial charge in [0.05, 0.1) is 40.8 Å². The molecule has 0 atom stereocenters. The molecule has 9 nitrogen and oxygen atoms in total. The number of hydrogen-bond acceptors (Lipinski definition) is 6. The highest BCUT2D eigenvalue weighted by Crippen LogP contribution is 2.33. The normalized spacial score (nSPS) is 14.6. The standard InChI is InChI=1S/C30H22ClF6N5O4S/c1-17-2-3-19(13-45-15-29(32,33)34)25(10-17)42-26(43)14-47-28(42)40-27(44)39-23-9-6-20(11-22(23)31)41-12-24(38-16-41)18-4-7-21(8-5-18)46-30(35,36)37/h2-12,16H,13-15H2,1H3,(H,39,44)/b40-28-. The molecule has 4 aromatic rings. The fourth-order valence-corrected chi connectivity index (χ4v) is 5.48. The lowest BCUT2D eigenvalue weighted by Crippen LogP contribution is -2.31. The molecule has 1 saturated heterocycles. The number of ether oxygens (including phenoxy) is 2. The number of aliphatic imine (C=N–C) groups is 1. The maximum atomic E-state index is 12.9. The van der Waals surface area contributed by atoms with E-state index in [1.165, 1.54) is 47.6 Å². The third-order valence-electron chi connectivity index (χ3n) is 6.43. The molecule has 1 aromatic heterocycles. The predicted molar refractivity (Wildman–Crippen MR) is 164 cm³/mol. The van der Waals surface area contributed by atoms with Crippen LogP contribution in [-0.4, -0.2) is 51.6 Å². The van der Waals surface area contributed by atoms with Gasteiger partial charge in [-0.05, 0) is 61.0 Å². The van der Waals surface area contributed by atoms with Gasteiger partial charge in [0.1, 0.15) is 12.4 Å². The number of alkyl halides is 6. The number of rotatable bonds is 8. The van der Waals surface area contributed by atoms with Crippen molar-refractivity contribution in [2.75, 3.05) is 22.6 Å². The molecule has 0 saturated carbocycles. The van der Waals surface area contributed by atoms with Gasteiger partial charge in [-0.25, -0.2) is 9.78 Å². The lowest BCUT2D eigenvalue weighted by molar-refractivity contribution is -0.274. The monoisotopic (exact) mass is 697 g/mol. The summed E-state index contributed by atoms with van der Waals surface area (Å²) in [5.74, 6) is -0.830. The van der Waals surface area contributed by atoms with Gasteiger partial charge in [-0.3, -0.25) is 9.69 Å². The molecule has 0 unspecified atom stereocenters. The van der Waals surface area contributed by atoms with Crippen LogP contribution in [0.3, 0.4) is 0 Å². The van der Waals surface area contributed by atoms with Crippen LogP contribution >= 0.6 is 23.4 Å². The first-order chi connectivity index (χ1) is 22.1. The molecule has 0 bridgehead atoms. The van der Waals surface area contributed by atoms with Crippen LogP contribution in [0.25, 0.3) is 16.9 Å². The Labute approximate surface area is 272 Å². The van der Waals surface area contributed by atoms with E-state index in [1.54, 1.807) is 42.0 Å². The number of amidine groups is 1. The maximum absolute atomic E-state index is 12.9. The van der Waals surface area contributed by atoms with Gasteiger partial charge in [-0.1, -0.05) is 35.5 Å². The Morgan fingerprint density at radius 3 is 2.49 bits per heavy atom. The summed E-state index contributed by atoms with van der Waals surface area (Å²) in [4.78, 5) is 35.2. The van der Waals surface area contributed by atoms with Crippen LogP contribution in [0.4, 0.5) is 42.5 Å². The van der Waals surface area contributed by atoms with Crippen LogP contribution < -0.4 is 15.0 Å². The minimum absolute atomic E-state index is 0.0202. The highest BCUT2D eigenvalue weighted by Gasteiger charge is 2.33. The summed E-state index contributed by atoms with van der Waals surface area (Å²) in [6, 6.07) is 13.8. The van der Waals surface area contributed by atoms with Crippen molar-refractivity contribution in [2.24, 2.45) is 4.99 Å². The zero-order valence-corrected chi connectivity index (χ0v) is 25.6. The summed E-state index contributed by atoms with van der Waals surface area (Å²) >= 11 is 7.42. The van der Waals surface area contributed by atoms with E-state index in [0.29, 0.717) is 22.5 Å². The number of carbonyl (C=O) groups is 2. The summed E-state index contributed by atoms with van der Waals surface area (Å²) in [6.45, 7) is -0.149. The second-order valence-electron chi connectivity index (χ2n) is 9.99. The van der Waals surface area contributed by atoms with Crippen molar-refractivity contribution in [3.8, 4) is 22.7 Å². The number of amides is 3.